The van der Waals surface area contributed by atoms with Crippen LogP contribution in [0.4, 0.5) is 0 Å². The molecule has 0 aromatic rings. The normalized spacial score (nSPS) is 38.8. The first kappa shape index (κ1) is 7.35. The van der Waals surface area contributed by atoms with Gasteiger partial charge in [0.1, 0.15) is 24.4 Å². The van der Waals surface area contributed by atoms with E-state index in [0.717, 1.165) is 0 Å². The maximum Gasteiger partial charge on any atom is 0.150 e. The van der Waals surface area contributed by atoms with E-state index in [1.54, 1.807) is 6.11 Å². The Morgan fingerprint density at radius 3 is 2.50 bits per heavy atom. The fourth-order valence-electron chi connectivity index (χ4n) is 0.792. The van der Waals surface area contributed by atoms with Crippen molar-refractivity contribution in [3.63, 3.8) is 0 Å². The Hall–Kier alpha value is -0.760. The van der Waals surface area contributed by atoms with E-state index in [1.807, 2.05) is 0 Å². The van der Waals surface area contributed by atoms with E-state index in [2.05, 4.69) is 5.92 Å². The minimum atomic E-state index is -1.00. The molecule has 1 aliphatic rings. The van der Waals surface area contributed by atoms with Crippen molar-refractivity contribution in [2.45, 2.75) is 18.3 Å². The zero-order valence-electron chi connectivity index (χ0n) is 5.19. The van der Waals surface area contributed by atoms with E-state index in [-0.39, 0.29) is 6.61 Å². The van der Waals surface area contributed by atoms with E-state index < -0.39 is 18.3 Å². The van der Waals surface area contributed by atoms with Gasteiger partial charge in [0.2, 0.25) is 0 Å². The van der Waals surface area contributed by atoms with Crippen LogP contribution in [0.1, 0.15) is 0 Å². The van der Waals surface area contributed by atoms with Crippen molar-refractivity contribution in [1.82, 2.24) is 0 Å². The minimum absolute atomic E-state index is 0.0700. The fourth-order valence-corrected chi connectivity index (χ4v) is 0.792. The van der Waals surface area contributed by atoms with E-state index in [4.69, 9.17) is 20.1 Å². The largest absolute Gasteiger partial charge is 0.462 e. The molecule has 0 bridgehead atoms. The van der Waals surface area contributed by atoms with Crippen molar-refractivity contribution >= 4 is 0 Å². The molecule has 0 unspecified atom stereocenters. The lowest BCUT2D eigenvalue weighted by molar-refractivity contribution is 0.0445. The maximum absolute atomic E-state index is 9.00. The highest BCUT2D eigenvalue weighted by Gasteiger charge is 2.33. The van der Waals surface area contributed by atoms with Crippen LogP contribution >= 0.6 is 0 Å². The molecule has 0 amide bonds. The average molecular weight is 144 g/mol. The number of rotatable bonds is 0. The van der Waals surface area contributed by atoms with E-state index in [0.29, 0.717) is 0 Å². The zero-order chi connectivity index (χ0) is 7.56. The Bertz CT molecular complexity index is 168. The van der Waals surface area contributed by atoms with Gasteiger partial charge in [-0.05, 0) is 5.92 Å². The topological polar surface area (TPSA) is 69.9 Å². The molecule has 4 nitrogen and oxygen atoms in total. The Kier molecular flexibility index (Phi) is 2.12. The third-order valence-corrected chi connectivity index (χ3v) is 1.36. The summed E-state index contributed by atoms with van der Waals surface area (Å²) in [5.74, 6) is 2.20. The molecule has 3 atom stereocenters. The summed E-state index contributed by atoms with van der Waals surface area (Å²) in [5, 5.41) is 26.0. The molecule has 0 spiro atoms. The van der Waals surface area contributed by atoms with Crippen molar-refractivity contribution in [3.8, 4) is 12.0 Å². The first-order valence-electron chi connectivity index (χ1n) is 2.88. The smallest absolute Gasteiger partial charge is 0.150 e. The van der Waals surface area contributed by atoms with Crippen LogP contribution in [0.25, 0.3) is 0 Å². The van der Waals surface area contributed by atoms with Crippen LogP contribution in [0.2, 0.25) is 0 Å². The molecule has 10 heavy (non-hydrogen) atoms. The highest BCUT2D eigenvalue weighted by molar-refractivity contribution is 5.06. The lowest BCUT2D eigenvalue weighted by atomic mass is 10.2. The van der Waals surface area contributed by atoms with Gasteiger partial charge in [-0.25, -0.2) is 0 Å². The first-order valence-corrected chi connectivity index (χ1v) is 2.88. The van der Waals surface area contributed by atoms with Gasteiger partial charge in [0.15, 0.2) is 0 Å². The number of hydrogen-bond acceptors (Lipinski definition) is 4. The van der Waals surface area contributed by atoms with Gasteiger partial charge in [0, 0.05) is 0 Å². The van der Waals surface area contributed by atoms with Crippen LogP contribution in [-0.2, 0) is 4.74 Å². The van der Waals surface area contributed by atoms with Crippen molar-refractivity contribution in [2.75, 3.05) is 6.61 Å². The molecular weight excluding hydrogens is 136 g/mol. The number of ether oxygens (including phenoxy) is 1. The van der Waals surface area contributed by atoms with Crippen molar-refractivity contribution in [2.24, 2.45) is 0 Å². The molecule has 1 rings (SSSR count). The summed E-state index contributed by atoms with van der Waals surface area (Å²) in [6, 6.07) is 0. The summed E-state index contributed by atoms with van der Waals surface area (Å²) in [4.78, 5) is 0. The predicted molar refractivity (Wildman–Crippen MR) is 31.5 cm³/mol. The van der Waals surface area contributed by atoms with Crippen molar-refractivity contribution in [3.05, 3.63) is 0 Å². The summed E-state index contributed by atoms with van der Waals surface area (Å²) in [6.45, 7) is 0.0700. The second kappa shape index (κ2) is 2.88. The molecular formula is C6H8O4. The Morgan fingerprint density at radius 1 is 1.40 bits per heavy atom. The molecule has 1 saturated heterocycles. The van der Waals surface area contributed by atoms with Crippen molar-refractivity contribution in [1.29, 1.82) is 0 Å². The van der Waals surface area contributed by atoms with Crippen LogP contribution in [-0.4, -0.2) is 40.2 Å². The molecule has 0 radical (unpaired) electrons. The SMILES string of the molecule is OC#C[C@H]1OC[C@H](O)[C@@H]1O. The highest BCUT2D eigenvalue weighted by atomic mass is 16.5. The van der Waals surface area contributed by atoms with Gasteiger partial charge in [-0.15, -0.1) is 0 Å². The quantitative estimate of drug-likeness (QED) is 0.360. The Morgan fingerprint density at radius 2 is 2.10 bits per heavy atom. The molecule has 56 valence electrons. The summed E-state index contributed by atoms with van der Waals surface area (Å²) in [5.41, 5.74) is 0. The van der Waals surface area contributed by atoms with Gasteiger partial charge in [-0.3, -0.25) is 0 Å². The molecule has 4 heteroatoms. The van der Waals surface area contributed by atoms with Gasteiger partial charge in [-0.1, -0.05) is 0 Å². The highest BCUT2D eigenvalue weighted by Crippen LogP contribution is 2.12. The van der Waals surface area contributed by atoms with Crippen LogP contribution in [0.15, 0.2) is 0 Å². The molecule has 3 N–H and O–H groups in total. The average Bonchev–Trinajstić information content (AvgIpc) is 2.20. The van der Waals surface area contributed by atoms with Gasteiger partial charge >= 0.3 is 0 Å². The predicted octanol–water partition coefficient (Wildman–Crippen LogP) is -1.56. The summed E-state index contributed by atoms with van der Waals surface area (Å²) >= 11 is 0. The van der Waals surface area contributed by atoms with Gasteiger partial charge in [0.25, 0.3) is 0 Å². The summed E-state index contributed by atoms with van der Waals surface area (Å²) < 4.78 is 4.78. The number of aliphatic hydroxyl groups excluding tert-OH is 3. The number of hydrogen-bond donors (Lipinski definition) is 3. The van der Waals surface area contributed by atoms with Gasteiger partial charge < -0.3 is 20.1 Å². The first-order chi connectivity index (χ1) is 4.75. The van der Waals surface area contributed by atoms with Gasteiger partial charge in [-0.2, -0.15) is 0 Å². The molecule has 0 saturated carbocycles. The van der Waals surface area contributed by atoms with Crippen LogP contribution in [0.5, 0.6) is 0 Å². The molecule has 0 aromatic heterocycles. The Balaban J connectivity index is 2.54. The van der Waals surface area contributed by atoms with Gasteiger partial charge in [0.05, 0.1) is 6.61 Å². The van der Waals surface area contributed by atoms with E-state index >= 15 is 0 Å². The molecule has 1 aliphatic heterocycles. The monoisotopic (exact) mass is 144 g/mol. The summed E-state index contributed by atoms with van der Waals surface area (Å²) in [7, 11) is 0. The lowest BCUT2D eigenvalue weighted by Gasteiger charge is -2.06. The molecule has 1 fully saturated rings. The second-order valence-electron chi connectivity index (χ2n) is 2.07. The number of aliphatic hydroxyl groups is 3. The molecule has 1 heterocycles. The second-order valence-corrected chi connectivity index (χ2v) is 2.07. The zero-order valence-corrected chi connectivity index (χ0v) is 5.19. The molecule has 0 aliphatic carbocycles. The van der Waals surface area contributed by atoms with Crippen molar-refractivity contribution < 1.29 is 20.1 Å². The summed E-state index contributed by atoms with van der Waals surface area (Å²) in [6.07, 6.45) is -1.02. The molecule has 0 aromatic carbocycles. The van der Waals surface area contributed by atoms with Crippen LogP contribution < -0.4 is 0 Å². The van der Waals surface area contributed by atoms with Crippen LogP contribution in [0.3, 0.4) is 0 Å². The van der Waals surface area contributed by atoms with E-state index in [1.165, 1.54) is 0 Å². The van der Waals surface area contributed by atoms with E-state index in [9.17, 15) is 0 Å². The lowest BCUT2D eigenvalue weighted by Crippen LogP contribution is -2.28. The fraction of sp³-hybridized carbons (Fsp3) is 0.667. The third-order valence-electron chi connectivity index (χ3n) is 1.36. The maximum atomic E-state index is 9.00. The Labute approximate surface area is 58.1 Å². The van der Waals surface area contributed by atoms with Crippen LogP contribution in [0, 0.1) is 12.0 Å². The third kappa shape index (κ3) is 1.21. The minimum Gasteiger partial charge on any atom is -0.462 e. The standard InChI is InChI=1S/C6H8O4/c7-2-1-5-6(9)4(8)3-10-5/h4-9H,3H2/t4-,5+,6-/m0/s1.